The van der Waals surface area contributed by atoms with E-state index < -0.39 is 38.7 Å². The Kier molecular flexibility index (Phi) is 1.98. The van der Waals surface area contributed by atoms with Crippen molar-refractivity contribution in [1.29, 1.82) is 0 Å². The van der Waals surface area contributed by atoms with E-state index in [9.17, 15) is 0 Å². The standard InChI is InChI=1S/B2I2N2P2/c1-2(3-5-7-3)4-6-8-4. The summed E-state index contributed by atoms with van der Waals surface area (Å²) in [5, 5.41) is 0. The average molecular weight is 365 g/mol. The first-order valence-electron chi connectivity index (χ1n) is 1.85. The molecule has 0 bridgehead atoms. The van der Waals surface area contributed by atoms with Crippen molar-refractivity contribution in [1.82, 2.24) is 0 Å². The Morgan fingerprint density at radius 3 is 1.88 bits per heavy atom. The van der Waals surface area contributed by atoms with Crippen LogP contribution in [0.25, 0.3) is 0 Å². The molecular weight excluding hydrogens is 365 g/mol. The molecule has 2 aliphatic rings. The van der Waals surface area contributed by atoms with Gasteiger partial charge in [-0.25, -0.2) is 0 Å². The van der Waals surface area contributed by atoms with Crippen LogP contribution in [0.3, 0.4) is 0 Å². The second kappa shape index (κ2) is 2.44. The van der Waals surface area contributed by atoms with Crippen molar-refractivity contribution in [3.05, 3.63) is 0 Å². The summed E-state index contributed by atoms with van der Waals surface area (Å²) in [4.78, 5) is 0. The molecule has 0 aromatic rings. The van der Waals surface area contributed by atoms with Gasteiger partial charge in [0.2, 0.25) is 0 Å². The van der Waals surface area contributed by atoms with Crippen molar-refractivity contribution in [3.8, 4) is 0 Å². The molecule has 2 radical (unpaired) electrons. The summed E-state index contributed by atoms with van der Waals surface area (Å²) < 4.78 is 9.03. The molecule has 0 atom stereocenters. The van der Waals surface area contributed by atoms with Gasteiger partial charge in [0.05, 0.1) is 0 Å². The normalized spacial score (nSPS) is 32.5. The quantitative estimate of drug-likeness (QED) is 0.408. The van der Waals surface area contributed by atoms with E-state index in [1.807, 2.05) is 0 Å². The predicted molar refractivity (Wildman–Crippen MR) is 58.2 cm³/mol. The van der Waals surface area contributed by atoms with E-state index in [0.717, 1.165) is 0 Å². The Labute approximate surface area is 65.8 Å². The van der Waals surface area contributed by atoms with Crippen molar-refractivity contribution in [2.24, 2.45) is 5.92 Å². The number of hydrogen-bond donors (Lipinski definition) is 0. The van der Waals surface area contributed by atoms with E-state index >= 15 is 0 Å². The molecule has 2 aliphatic heterocycles. The summed E-state index contributed by atoms with van der Waals surface area (Å²) in [6.45, 7) is 0. The summed E-state index contributed by atoms with van der Waals surface area (Å²) in [6.07, 6.45) is 0. The van der Waals surface area contributed by atoms with Gasteiger partial charge in [-0.1, -0.05) is 0 Å². The van der Waals surface area contributed by atoms with Crippen LogP contribution in [0, 0.1) is 0 Å². The molecule has 0 N–H and O–H groups in total. The molecule has 0 fully saturated rings. The third-order valence-electron chi connectivity index (χ3n) is 0.699. The molecule has 0 amide bonds. The summed E-state index contributed by atoms with van der Waals surface area (Å²) in [7, 11) is 5.82. The van der Waals surface area contributed by atoms with Gasteiger partial charge in [-0.3, -0.25) is 0 Å². The van der Waals surface area contributed by atoms with Gasteiger partial charge in [-0.15, -0.1) is 0 Å². The van der Waals surface area contributed by atoms with Crippen molar-refractivity contribution < 1.29 is 0 Å². The first-order chi connectivity index (χ1) is 3.88. The van der Waals surface area contributed by atoms with E-state index in [1.165, 1.54) is 12.0 Å². The van der Waals surface area contributed by atoms with Gasteiger partial charge in [-0.05, 0) is 0 Å². The van der Waals surface area contributed by atoms with Crippen LogP contribution in [0.4, 0.5) is 0 Å². The van der Waals surface area contributed by atoms with Gasteiger partial charge in [0.1, 0.15) is 0 Å². The maximum absolute atomic E-state index is 5.82. The minimum atomic E-state index is -0.815. The second-order valence-electron chi connectivity index (χ2n) is 1.18. The number of halogens is 2. The van der Waals surface area contributed by atoms with Crippen LogP contribution in [0.5, 0.6) is 0 Å². The molecule has 8 heavy (non-hydrogen) atoms. The fourth-order valence-corrected chi connectivity index (χ4v) is 27.3. The van der Waals surface area contributed by atoms with Gasteiger partial charge in [-0.2, -0.15) is 0 Å². The molecule has 0 saturated carbocycles. The van der Waals surface area contributed by atoms with Crippen LogP contribution in [0.1, 0.15) is 0 Å². The van der Waals surface area contributed by atoms with Crippen LogP contribution in [0.15, 0.2) is 5.92 Å². The van der Waals surface area contributed by atoms with Crippen molar-refractivity contribution in [2.45, 2.75) is 0 Å². The zero-order chi connectivity index (χ0) is 5.56. The van der Waals surface area contributed by atoms with Crippen molar-refractivity contribution in [2.75, 3.05) is 0 Å². The molecule has 0 unspecified atom stereocenters. The van der Waals surface area contributed by atoms with Crippen LogP contribution in [-0.4, -0.2) is 10.1 Å². The molecule has 0 aliphatic carbocycles. The van der Waals surface area contributed by atoms with E-state index in [2.05, 4.69) is 5.92 Å². The molecule has 0 aromatic carbocycles. The Bertz CT molecular complexity index is 139. The van der Waals surface area contributed by atoms with Gasteiger partial charge in [0.25, 0.3) is 0 Å². The summed E-state index contributed by atoms with van der Waals surface area (Å²) in [5.74, 6) is 0. The molecule has 0 spiro atoms. The summed E-state index contributed by atoms with van der Waals surface area (Å²) in [6, 6.07) is 2.75. The molecule has 2 rings (SSSR count). The van der Waals surface area contributed by atoms with Crippen molar-refractivity contribution >= 4 is 60.7 Å². The van der Waals surface area contributed by atoms with E-state index in [1.54, 1.807) is 0 Å². The Hall–Kier alpha value is 1.79. The van der Waals surface area contributed by atoms with Gasteiger partial charge in [0.15, 0.2) is 0 Å². The number of rotatable bonds is 2. The number of nitrogens with zero attached hydrogens (tertiary/aromatic N) is 2. The zero-order valence-corrected chi connectivity index (χ0v) is 9.80. The van der Waals surface area contributed by atoms with Crippen molar-refractivity contribution in [3.63, 3.8) is 0 Å². The summed E-state index contributed by atoms with van der Waals surface area (Å²) >= 11 is -1.63. The van der Waals surface area contributed by atoms with E-state index in [0.29, 0.717) is 2.32 Å². The van der Waals surface area contributed by atoms with Crippen LogP contribution in [0.2, 0.25) is 0 Å². The molecule has 0 aromatic heterocycles. The monoisotopic (exact) mass is 366 g/mol. The predicted octanol–water partition coefficient (Wildman–Crippen LogP) is 3.10. The van der Waals surface area contributed by atoms with E-state index in [-0.39, 0.29) is 0 Å². The molecule has 0 saturated heterocycles. The number of hydrogen-bond acceptors (Lipinski definition) is 2. The Morgan fingerprint density at radius 2 is 1.62 bits per heavy atom. The first-order valence-corrected chi connectivity index (χ1v) is 13.5. The summed E-state index contributed by atoms with van der Waals surface area (Å²) in [5.41, 5.74) is 0. The fourth-order valence-electron chi connectivity index (χ4n) is 0.266. The zero-order valence-electron chi connectivity index (χ0n) is 3.70. The van der Waals surface area contributed by atoms with Crippen LogP contribution < -0.4 is 0 Å². The third-order valence-corrected chi connectivity index (χ3v) is 22.9. The fraction of sp³-hybridized carbons (Fsp3) is 0. The first kappa shape index (κ1) is 6.50. The third kappa shape index (κ3) is 1.44. The molecule has 2 nitrogen and oxygen atoms in total. The van der Waals surface area contributed by atoms with Gasteiger partial charge in [0, 0.05) is 0 Å². The minimum absolute atomic E-state index is 0.548. The topological polar surface area (TPSA) is 24.7 Å². The Balaban J connectivity index is 1.86. The Morgan fingerprint density at radius 1 is 1.25 bits per heavy atom. The average Bonchev–Trinajstić information content (AvgIpc) is 2.63. The molecule has 8 heteroatoms. The maximum atomic E-state index is 5.82. The van der Waals surface area contributed by atoms with Crippen LogP contribution >= 0.6 is 50.7 Å². The SMILES string of the molecule is [B]B(I1N=P1)I1N=P1. The second-order valence-corrected chi connectivity index (χ2v) is 19.8. The molecule has 40 valence electrons. The van der Waals surface area contributed by atoms with E-state index in [4.69, 9.17) is 7.74 Å². The van der Waals surface area contributed by atoms with Gasteiger partial charge >= 0.3 is 66.7 Å². The molecule has 2 heterocycles. The van der Waals surface area contributed by atoms with Gasteiger partial charge < -0.3 is 0 Å². The molecular formula is B2I2N2P2. The van der Waals surface area contributed by atoms with Crippen LogP contribution in [-0.2, 0) is 0 Å².